The van der Waals surface area contributed by atoms with E-state index in [0.717, 1.165) is 11.3 Å². The third kappa shape index (κ3) is 3.80. The summed E-state index contributed by atoms with van der Waals surface area (Å²) >= 11 is 0. The molecule has 0 saturated heterocycles. The maximum atomic E-state index is 12.7. The average Bonchev–Trinajstić information content (AvgIpc) is 3.22. The summed E-state index contributed by atoms with van der Waals surface area (Å²) in [5, 5.41) is 4.76. The summed E-state index contributed by atoms with van der Waals surface area (Å²) in [6.45, 7) is 1.56. The Labute approximate surface area is 173 Å². The number of amides is 1. The SMILES string of the molecule is CC(OC(=O)c1ccc2noc(-c3ccccc3)c2c1)C(=O)N(C)c1ccccc1. The van der Waals surface area contributed by atoms with E-state index < -0.39 is 12.1 Å². The van der Waals surface area contributed by atoms with Crippen LogP contribution < -0.4 is 4.90 Å². The molecule has 30 heavy (non-hydrogen) atoms. The van der Waals surface area contributed by atoms with E-state index in [1.165, 1.54) is 4.90 Å². The van der Waals surface area contributed by atoms with Crippen molar-refractivity contribution in [2.24, 2.45) is 0 Å². The normalized spacial score (nSPS) is 11.8. The van der Waals surface area contributed by atoms with Crippen molar-refractivity contribution < 1.29 is 18.8 Å². The molecule has 0 aliphatic heterocycles. The Balaban J connectivity index is 1.54. The van der Waals surface area contributed by atoms with E-state index in [4.69, 9.17) is 9.26 Å². The lowest BCUT2D eigenvalue weighted by Crippen LogP contribution is -2.37. The molecule has 0 aliphatic carbocycles. The Bertz CT molecular complexity index is 1190. The lowest BCUT2D eigenvalue weighted by Gasteiger charge is -2.21. The number of likely N-dealkylation sites (N-methyl/N-ethyl adjacent to an activating group) is 1. The topological polar surface area (TPSA) is 72.6 Å². The highest BCUT2D eigenvalue weighted by atomic mass is 16.5. The van der Waals surface area contributed by atoms with E-state index in [1.54, 1.807) is 32.2 Å². The van der Waals surface area contributed by atoms with Gasteiger partial charge in [-0.3, -0.25) is 4.79 Å². The maximum absolute atomic E-state index is 12.7. The molecule has 3 aromatic carbocycles. The number of hydrogen-bond donors (Lipinski definition) is 0. The standard InChI is InChI=1S/C24H20N2O4/c1-16(23(27)26(2)19-11-7-4-8-12-19)29-24(28)18-13-14-21-20(15-18)22(30-25-21)17-9-5-3-6-10-17/h3-16H,1-2H3. The predicted molar refractivity (Wildman–Crippen MR) is 114 cm³/mol. The fourth-order valence-electron chi connectivity index (χ4n) is 3.20. The van der Waals surface area contributed by atoms with Crippen LogP contribution in [0.1, 0.15) is 17.3 Å². The number of carbonyl (C=O) groups is 2. The summed E-state index contributed by atoms with van der Waals surface area (Å²) in [5.41, 5.74) is 2.55. The Morgan fingerprint density at radius 1 is 0.967 bits per heavy atom. The molecule has 4 rings (SSSR count). The molecule has 0 N–H and O–H groups in total. The third-order valence-corrected chi connectivity index (χ3v) is 4.85. The Morgan fingerprint density at radius 3 is 2.33 bits per heavy atom. The summed E-state index contributed by atoms with van der Waals surface area (Å²) in [6, 6.07) is 23.7. The van der Waals surface area contributed by atoms with Crippen LogP contribution in [-0.2, 0) is 9.53 Å². The Hall–Kier alpha value is -3.93. The minimum atomic E-state index is -0.936. The molecule has 1 amide bonds. The van der Waals surface area contributed by atoms with E-state index in [1.807, 2.05) is 60.7 Å². The number of ether oxygens (including phenoxy) is 1. The summed E-state index contributed by atoms with van der Waals surface area (Å²) in [6.07, 6.45) is -0.936. The summed E-state index contributed by atoms with van der Waals surface area (Å²) in [7, 11) is 1.65. The molecule has 150 valence electrons. The van der Waals surface area contributed by atoms with Crippen LogP contribution in [0.4, 0.5) is 5.69 Å². The molecule has 0 saturated carbocycles. The minimum absolute atomic E-state index is 0.314. The first-order valence-corrected chi connectivity index (χ1v) is 9.53. The number of fused-ring (bicyclic) bond motifs is 1. The van der Waals surface area contributed by atoms with Gasteiger partial charge in [-0.2, -0.15) is 0 Å². The lowest BCUT2D eigenvalue weighted by molar-refractivity contribution is -0.126. The first kappa shape index (κ1) is 19.4. The fourth-order valence-corrected chi connectivity index (χ4v) is 3.20. The molecule has 1 heterocycles. The number of benzene rings is 3. The molecule has 1 aromatic heterocycles. The van der Waals surface area contributed by atoms with Crippen molar-refractivity contribution in [2.75, 3.05) is 11.9 Å². The van der Waals surface area contributed by atoms with Gasteiger partial charge in [0.05, 0.1) is 10.9 Å². The fraction of sp³-hybridized carbons (Fsp3) is 0.125. The first-order valence-electron chi connectivity index (χ1n) is 9.53. The van der Waals surface area contributed by atoms with Crippen molar-refractivity contribution >= 4 is 28.5 Å². The highest BCUT2D eigenvalue weighted by molar-refractivity contribution is 6.01. The van der Waals surface area contributed by atoms with Gasteiger partial charge in [-0.1, -0.05) is 53.7 Å². The largest absolute Gasteiger partial charge is 0.449 e. The minimum Gasteiger partial charge on any atom is -0.449 e. The molecule has 6 nitrogen and oxygen atoms in total. The van der Waals surface area contributed by atoms with Crippen molar-refractivity contribution in [1.82, 2.24) is 5.16 Å². The quantitative estimate of drug-likeness (QED) is 0.454. The van der Waals surface area contributed by atoms with Crippen molar-refractivity contribution in [3.05, 3.63) is 84.4 Å². The van der Waals surface area contributed by atoms with E-state index >= 15 is 0 Å². The summed E-state index contributed by atoms with van der Waals surface area (Å²) in [4.78, 5) is 26.8. The van der Waals surface area contributed by atoms with Crippen LogP contribution in [-0.4, -0.2) is 30.2 Å². The number of anilines is 1. The second kappa shape index (κ2) is 8.21. The van der Waals surface area contributed by atoms with Gasteiger partial charge in [0.2, 0.25) is 0 Å². The zero-order valence-electron chi connectivity index (χ0n) is 16.6. The molecule has 1 unspecified atom stereocenters. The van der Waals surface area contributed by atoms with Gasteiger partial charge in [-0.15, -0.1) is 0 Å². The van der Waals surface area contributed by atoms with Crippen LogP contribution in [0.2, 0.25) is 0 Å². The number of hydrogen-bond acceptors (Lipinski definition) is 5. The van der Waals surface area contributed by atoms with Gasteiger partial charge in [0.15, 0.2) is 11.9 Å². The molecular formula is C24H20N2O4. The van der Waals surface area contributed by atoms with Gasteiger partial charge in [0, 0.05) is 18.3 Å². The van der Waals surface area contributed by atoms with E-state index in [0.29, 0.717) is 22.2 Å². The first-order chi connectivity index (χ1) is 14.5. The van der Waals surface area contributed by atoms with Gasteiger partial charge in [0.25, 0.3) is 5.91 Å². The van der Waals surface area contributed by atoms with Crippen LogP contribution in [0.3, 0.4) is 0 Å². The number of esters is 1. The predicted octanol–water partition coefficient (Wildman–Crippen LogP) is 4.70. The number of carbonyl (C=O) groups excluding carboxylic acids is 2. The number of para-hydroxylation sites is 1. The highest BCUT2D eigenvalue weighted by Gasteiger charge is 2.24. The number of rotatable bonds is 5. The van der Waals surface area contributed by atoms with E-state index in [9.17, 15) is 9.59 Å². The molecule has 1 atom stereocenters. The Kier molecular flexibility index (Phi) is 5.30. The molecule has 0 spiro atoms. The summed E-state index contributed by atoms with van der Waals surface area (Å²) in [5.74, 6) is -0.321. The van der Waals surface area contributed by atoms with Gasteiger partial charge >= 0.3 is 5.97 Å². The monoisotopic (exact) mass is 400 g/mol. The van der Waals surface area contributed by atoms with Crippen LogP contribution >= 0.6 is 0 Å². The van der Waals surface area contributed by atoms with Crippen molar-refractivity contribution in [3.8, 4) is 11.3 Å². The zero-order chi connectivity index (χ0) is 21.1. The van der Waals surface area contributed by atoms with E-state index in [-0.39, 0.29) is 5.91 Å². The van der Waals surface area contributed by atoms with Crippen molar-refractivity contribution in [2.45, 2.75) is 13.0 Å². The molecule has 6 heteroatoms. The number of aromatic nitrogens is 1. The average molecular weight is 400 g/mol. The molecule has 0 fully saturated rings. The van der Waals surface area contributed by atoms with Crippen LogP contribution in [0.5, 0.6) is 0 Å². The molecular weight excluding hydrogens is 380 g/mol. The summed E-state index contributed by atoms with van der Waals surface area (Å²) < 4.78 is 10.9. The van der Waals surface area contributed by atoms with Gasteiger partial charge < -0.3 is 14.2 Å². The molecule has 0 aliphatic rings. The van der Waals surface area contributed by atoms with Gasteiger partial charge in [-0.25, -0.2) is 4.79 Å². The number of nitrogens with zero attached hydrogens (tertiary/aromatic N) is 2. The zero-order valence-corrected chi connectivity index (χ0v) is 16.6. The van der Waals surface area contributed by atoms with Crippen LogP contribution in [0, 0.1) is 0 Å². The third-order valence-electron chi connectivity index (χ3n) is 4.85. The lowest BCUT2D eigenvalue weighted by atomic mass is 10.1. The second-order valence-electron chi connectivity index (χ2n) is 6.89. The van der Waals surface area contributed by atoms with Crippen molar-refractivity contribution in [1.29, 1.82) is 0 Å². The molecule has 4 aromatic rings. The maximum Gasteiger partial charge on any atom is 0.338 e. The van der Waals surface area contributed by atoms with Gasteiger partial charge in [0.1, 0.15) is 5.52 Å². The van der Waals surface area contributed by atoms with Crippen LogP contribution in [0.15, 0.2) is 83.4 Å². The van der Waals surface area contributed by atoms with Crippen LogP contribution in [0.25, 0.3) is 22.2 Å². The highest BCUT2D eigenvalue weighted by Crippen LogP contribution is 2.29. The smallest absolute Gasteiger partial charge is 0.338 e. The Morgan fingerprint density at radius 2 is 1.63 bits per heavy atom. The van der Waals surface area contributed by atoms with E-state index in [2.05, 4.69) is 5.16 Å². The second-order valence-corrected chi connectivity index (χ2v) is 6.89. The van der Waals surface area contributed by atoms with Gasteiger partial charge in [-0.05, 0) is 37.3 Å². The van der Waals surface area contributed by atoms with Crippen molar-refractivity contribution in [3.63, 3.8) is 0 Å². The molecule has 0 radical (unpaired) electrons. The molecule has 0 bridgehead atoms.